The summed E-state index contributed by atoms with van der Waals surface area (Å²) in [6.45, 7) is 6.53. The number of piperidine rings is 1. The molecule has 2 aromatic rings. The molecule has 1 fully saturated rings. The Morgan fingerprint density at radius 3 is 3.04 bits per heavy atom. The highest BCUT2D eigenvalue weighted by atomic mass is 32.1. The highest BCUT2D eigenvalue weighted by Gasteiger charge is 2.25. The van der Waals surface area contributed by atoms with Gasteiger partial charge in [0.2, 0.25) is 0 Å². The van der Waals surface area contributed by atoms with Crippen LogP contribution < -0.4 is 10.2 Å². The third-order valence-electron chi connectivity index (χ3n) is 4.80. The third kappa shape index (κ3) is 3.77. The number of rotatable bonds is 6. The van der Waals surface area contributed by atoms with Crippen molar-refractivity contribution in [3.63, 3.8) is 0 Å². The SMILES string of the molecule is COCCCNC(=O)c1sc2ncnc(N3CCCCC3C)c2c1C. The van der Waals surface area contributed by atoms with Crippen molar-refractivity contribution in [3.8, 4) is 0 Å². The third-order valence-corrected chi connectivity index (χ3v) is 6.00. The zero-order valence-electron chi connectivity index (χ0n) is 15.2. The average molecular weight is 362 g/mol. The van der Waals surface area contributed by atoms with E-state index in [-0.39, 0.29) is 5.91 Å². The first-order valence-electron chi connectivity index (χ1n) is 8.91. The Balaban J connectivity index is 1.89. The first-order valence-corrected chi connectivity index (χ1v) is 9.73. The summed E-state index contributed by atoms with van der Waals surface area (Å²) in [5, 5.41) is 4.00. The van der Waals surface area contributed by atoms with Crippen LogP contribution in [0.1, 0.15) is 47.8 Å². The first kappa shape index (κ1) is 18.1. The number of ether oxygens (including phenoxy) is 1. The van der Waals surface area contributed by atoms with E-state index in [1.807, 2.05) is 6.92 Å². The molecule has 0 aliphatic carbocycles. The number of hydrogen-bond acceptors (Lipinski definition) is 6. The van der Waals surface area contributed by atoms with E-state index in [4.69, 9.17) is 4.74 Å². The Morgan fingerprint density at radius 2 is 2.28 bits per heavy atom. The van der Waals surface area contributed by atoms with E-state index >= 15 is 0 Å². The molecule has 1 unspecified atom stereocenters. The van der Waals surface area contributed by atoms with Gasteiger partial charge in [0.05, 0.1) is 10.3 Å². The van der Waals surface area contributed by atoms with Gasteiger partial charge >= 0.3 is 0 Å². The van der Waals surface area contributed by atoms with Crippen molar-refractivity contribution in [2.75, 3.05) is 31.7 Å². The van der Waals surface area contributed by atoms with Crippen molar-refractivity contribution < 1.29 is 9.53 Å². The van der Waals surface area contributed by atoms with E-state index in [1.54, 1.807) is 13.4 Å². The maximum Gasteiger partial charge on any atom is 0.261 e. The number of aryl methyl sites for hydroxylation is 1. The van der Waals surface area contributed by atoms with Crippen molar-refractivity contribution >= 4 is 33.3 Å². The number of anilines is 1. The van der Waals surface area contributed by atoms with Gasteiger partial charge in [-0.2, -0.15) is 0 Å². The normalized spacial score (nSPS) is 17.9. The van der Waals surface area contributed by atoms with E-state index in [2.05, 4.69) is 27.1 Å². The summed E-state index contributed by atoms with van der Waals surface area (Å²) in [6, 6.07) is 0.470. The molecule has 136 valence electrons. The molecular weight excluding hydrogens is 336 g/mol. The van der Waals surface area contributed by atoms with E-state index in [0.717, 1.165) is 39.4 Å². The summed E-state index contributed by atoms with van der Waals surface area (Å²) in [5.74, 6) is 0.943. The maximum atomic E-state index is 12.5. The lowest BCUT2D eigenvalue weighted by atomic mass is 10.0. The van der Waals surface area contributed by atoms with Crippen LogP contribution in [-0.4, -0.2) is 48.7 Å². The average Bonchev–Trinajstić information content (AvgIpc) is 2.96. The van der Waals surface area contributed by atoms with Crippen molar-refractivity contribution in [1.29, 1.82) is 0 Å². The van der Waals surface area contributed by atoms with Crippen molar-refractivity contribution in [2.24, 2.45) is 0 Å². The van der Waals surface area contributed by atoms with Gasteiger partial charge in [-0.3, -0.25) is 4.79 Å². The summed E-state index contributed by atoms with van der Waals surface area (Å²) in [7, 11) is 1.67. The number of fused-ring (bicyclic) bond motifs is 1. The smallest absolute Gasteiger partial charge is 0.261 e. The molecule has 25 heavy (non-hydrogen) atoms. The molecule has 1 atom stereocenters. The number of aromatic nitrogens is 2. The molecule has 1 amide bonds. The van der Waals surface area contributed by atoms with Crippen LogP contribution in [0.4, 0.5) is 5.82 Å². The second kappa shape index (κ2) is 8.10. The zero-order valence-corrected chi connectivity index (χ0v) is 16.0. The van der Waals surface area contributed by atoms with Crippen LogP contribution in [0.2, 0.25) is 0 Å². The monoisotopic (exact) mass is 362 g/mol. The summed E-state index contributed by atoms with van der Waals surface area (Å²) in [4.78, 5) is 25.5. The van der Waals surface area contributed by atoms with E-state index < -0.39 is 0 Å². The number of nitrogens with one attached hydrogen (secondary N) is 1. The van der Waals surface area contributed by atoms with Gasteiger partial charge in [0.1, 0.15) is 17.0 Å². The lowest BCUT2D eigenvalue weighted by Gasteiger charge is -2.34. The van der Waals surface area contributed by atoms with Gasteiger partial charge in [0, 0.05) is 32.8 Å². The number of carbonyl (C=O) groups is 1. The molecule has 1 saturated heterocycles. The lowest BCUT2D eigenvalue weighted by molar-refractivity contribution is 0.0952. The van der Waals surface area contributed by atoms with E-state index in [1.165, 1.54) is 30.6 Å². The molecular formula is C18H26N4O2S. The Labute approximate surface area is 152 Å². The van der Waals surface area contributed by atoms with E-state index in [9.17, 15) is 4.79 Å². The fraction of sp³-hybridized carbons (Fsp3) is 0.611. The lowest BCUT2D eigenvalue weighted by Crippen LogP contribution is -2.38. The number of hydrogen-bond donors (Lipinski definition) is 1. The quantitative estimate of drug-likeness (QED) is 0.800. The van der Waals surface area contributed by atoms with Crippen LogP contribution in [0, 0.1) is 6.92 Å². The predicted molar refractivity (Wildman–Crippen MR) is 102 cm³/mol. The maximum absolute atomic E-state index is 12.5. The summed E-state index contributed by atoms with van der Waals surface area (Å²) < 4.78 is 5.02. The van der Waals surface area contributed by atoms with Crippen molar-refractivity contribution in [1.82, 2.24) is 15.3 Å². The molecule has 2 aromatic heterocycles. The second-order valence-electron chi connectivity index (χ2n) is 6.57. The minimum Gasteiger partial charge on any atom is -0.385 e. The highest BCUT2D eigenvalue weighted by molar-refractivity contribution is 7.20. The standard InChI is InChI=1S/C18H26N4O2S/c1-12-7-4-5-9-22(12)16-14-13(2)15(25-18(14)21-11-20-16)17(23)19-8-6-10-24-3/h11-12H,4-10H2,1-3H3,(H,19,23). The van der Waals surface area contributed by atoms with Gasteiger partial charge in [-0.25, -0.2) is 9.97 Å². The molecule has 6 nitrogen and oxygen atoms in total. The van der Waals surface area contributed by atoms with Crippen LogP contribution in [0.25, 0.3) is 10.2 Å². The molecule has 0 spiro atoms. The fourth-order valence-corrected chi connectivity index (χ4v) is 4.46. The number of nitrogens with zero attached hydrogens (tertiary/aromatic N) is 3. The summed E-state index contributed by atoms with van der Waals surface area (Å²) in [6.07, 6.45) is 6.06. The number of thiophene rings is 1. The largest absolute Gasteiger partial charge is 0.385 e. The molecule has 0 saturated carbocycles. The number of amides is 1. The Bertz CT molecular complexity index is 746. The van der Waals surface area contributed by atoms with Crippen LogP contribution in [0.3, 0.4) is 0 Å². The number of carbonyl (C=O) groups excluding carboxylic acids is 1. The topological polar surface area (TPSA) is 67.3 Å². The molecule has 7 heteroatoms. The van der Waals surface area contributed by atoms with E-state index in [0.29, 0.717) is 19.2 Å². The molecule has 0 aromatic carbocycles. The highest BCUT2D eigenvalue weighted by Crippen LogP contribution is 2.36. The van der Waals surface area contributed by atoms with Gasteiger partial charge in [0.15, 0.2) is 0 Å². The predicted octanol–water partition coefficient (Wildman–Crippen LogP) is 3.14. The van der Waals surface area contributed by atoms with Gasteiger partial charge in [-0.1, -0.05) is 0 Å². The molecule has 1 N–H and O–H groups in total. The number of methoxy groups -OCH3 is 1. The van der Waals surface area contributed by atoms with Gasteiger partial charge < -0.3 is 15.0 Å². The molecule has 3 heterocycles. The Morgan fingerprint density at radius 1 is 1.44 bits per heavy atom. The zero-order chi connectivity index (χ0) is 17.8. The van der Waals surface area contributed by atoms with Gasteiger partial charge in [-0.05, 0) is 45.1 Å². The van der Waals surface area contributed by atoms with Crippen LogP contribution in [0.15, 0.2) is 6.33 Å². The summed E-state index contributed by atoms with van der Waals surface area (Å²) >= 11 is 1.45. The molecule has 0 radical (unpaired) electrons. The molecule has 0 bridgehead atoms. The fourth-order valence-electron chi connectivity index (χ4n) is 3.40. The van der Waals surface area contributed by atoms with Crippen molar-refractivity contribution in [3.05, 3.63) is 16.8 Å². The second-order valence-corrected chi connectivity index (χ2v) is 7.57. The summed E-state index contributed by atoms with van der Waals surface area (Å²) in [5.41, 5.74) is 0.984. The molecule has 1 aliphatic heterocycles. The van der Waals surface area contributed by atoms with Gasteiger partial charge in [0.25, 0.3) is 5.91 Å². The molecule has 1 aliphatic rings. The Hall–Kier alpha value is -1.73. The van der Waals surface area contributed by atoms with Crippen LogP contribution in [-0.2, 0) is 4.74 Å². The molecule has 3 rings (SSSR count). The van der Waals surface area contributed by atoms with Crippen LogP contribution >= 0.6 is 11.3 Å². The first-order chi connectivity index (χ1) is 12.1. The van der Waals surface area contributed by atoms with Crippen molar-refractivity contribution in [2.45, 2.75) is 45.6 Å². The minimum absolute atomic E-state index is 0.0331. The van der Waals surface area contributed by atoms with Gasteiger partial charge in [-0.15, -0.1) is 11.3 Å². The van der Waals surface area contributed by atoms with Crippen LogP contribution in [0.5, 0.6) is 0 Å². The Kier molecular flexibility index (Phi) is 5.86. The minimum atomic E-state index is -0.0331.